The summed E-state index contributed by atoms with van der Waals surface area (Å²) in [6, 6.07) is 17.9. The molecule has 3 rings (SSSR count). The molecule has 0 fully saturated rings. The van der Waals surface area contributed by atoms with Gasteiger partial charge in [-0.25, -0.2) is 9.37 Å². The topological polar surface area (TPSA) is 59.1 Å². The minimum Gasteiger partial charge on any atom is -0.385 e. The summed E-state index contributed by atoms with van der Waals surface area (Å²) < 4.78 is 18.2. The van der Waals surface area contributed by atoms with Gasteiger partial charge in [0.25, 0.3) is 0 Å². The van der Waals surface area contributed by atoms with Crippen molar-refractivity contribution in [3.63, 3.8) is 0 Å². The Hall–Kier alpha value is -2.99. The fourth-order valence-electron chi connectivity index (χ4n) is 2.44. The lowest BCUT2D eigenvalue weighted by Crippen LogP contribution is -2.09. The normalized spacial score (nSPS) is 10.5. The minimum atomic E-state index is -0.274. The molecule has 2 aromatic carbocycles. The van der Waals surface area contributed by atoms with Gasteiger partial charge in [-0.05, 0) is 30.7 Å². The third-order valence-corrected chi connectivity index (χ3v) is 3.72. The zero-order chi connectivity index (χ0) is 18.2. The van der Waals surface area contributed by atoms with Crippen LogP contribution in [0.3, 0.4) is 0 Å². The number of nitrogens with one attached hydrogen (secondary N) is 2. The second-order valence-corrected chi connectivity index (χ2v) is 5.73. The maximum absolute atomic E-state index is 13.1. The number of methoxy groups -OCH3 is 1. The lowest BCUT2D eigenvalue weighted by molar-refractivity contribution is 0.197. The summed E-state index contributed by atoms with van der Waals surface area (Å²) in [5.41, 5.74) is 2.56. The largest absolute Gasteiger partial charge is 0.385 e. The van der Waals surface area contributed by atoms with Crippen molar-refractivity contribution < 1.29 is 9.13 Å². The Morgan fingerprint density at radius 1 is 1.00 bits per heavy atom. The van der Waals surface area contributed by atoms with Crippen molar-refractivity contribution in [3.05, 3.63) is 66.5 Å². The first-order valence-corrected chi connectivity index (χ1v) is 8.44. The Morgan fingerprint density at radius 2 is 1.77 bits per heavy atom. The standard InChI is InChI=1S/C20H21FN4O/c1-26-13-5-12-22-20-24-18(15-6-3-2-4-7-15)14-19(25-20)23-17-10-8-16(21)9-11-17/h2-4,6-11,14H,5,12-13H2,1H3,(H2,22,23,24,25). The Kier molecular flexibility index (Phi) is 6.11. The van der Waals surface area contributed by atoms with E-state index in [4.69, 9.17) is 4.74 Å². The average Bonchev–Trinajstić information content (AvgIpc) is 2.68. The predicted molar refractivity (Wildman–Crippen MR) is 102 cm³/mol. The number of rotatable bonds is 8. The summed E-state index contributed by atoms with van der Waals surface area (Å²) in [6.45, 7) is 1.38. The maximum atomic E-state index is 13.1. The Morgan fingerprint density at radius 3 is 2.50 bits per heavy atom. The molecular weight excluding hydrogens is 331 g/mol. The van der Waals surface area contributed by atoms with E-state index in [1.54, 1.807) is 19.2 Å². The number of benzene rings is 2. The summed E-state index contributed by atoms with van der Waals surface area (Å²) in [4.78, 5) is 9.10. The van der Waals surface area contributed by atoms with Gasteiger partial charge in [0.2, 0.25) is 5.95 Å². The molecule has 2 N–H and O–H groups in total. The molecule has 1 heterocycles. The van der Waals surface area contributed by atoms with Crippen LogP contribution in [0.15, 0.2) is 60.7 Å². The van der Waals surface area contributed by atoms with E-state index in [0.29, 0.717) is 24.9 Å². The lowest BCUT2D eigenvalue weighted by Gasteiger charge is -2.11. The highest BCUT2D eigenvalue weighted by atomic mass is 19.1. The van der Waals surface area contributed by atoms with Gasteiger partial charge in [0.15, 0.2) is 0 Å². The molecule has 1 aromatic heterocycles. The van der Waals surface area contributed by atoms with E-state index in [0.717, 1.165) is 23.4 Å². The van der Waals surface area contributed by atoms with Gasteiger partial charge in [0, 0.05) is 37.6 Å². The van der Waals surface area contributed by atoms with Crippen LogP contribution >= 0.6 is 0 Å². The van der Waals surface area contributed by atoms with Gasteiger partial charge in [-0.1, -0.05) is 30.3 Å². The van der Waals surface area contributed by atoms with Crippen molar-refractivity contribution in [2.24, 2.45) is 0 Å². The summed E-state index contributed by atoms with van der Waals surface area (Å²) in [5, 5.41) is 6.42. The first-order chi connectivity index (χ1) is 12.7. The molecule has 134 valence electrons. The molecule has 5 nitrogen and oxygen atoms in total. The fourth-order valence-corrected chi connectivity index (χ4v) is 2.44. The van der Waals surface area contributed by atoms with Gasteiger partial charge in [-0.3, -0.25) is 0 Å². The van der Waals surface area contributed by atoms with Crippen LogP contribution in [0.4, 0.5) is 21.8 Å². The molecule has 6 heteroatoms. The first-order valence-electron chi connectivity index (χ1n) is 8.44. The molecule has 26 heavy (non-hydrogen) atoms. The van der Waals surface area contributed by atoms with Gasteiger partial charge in [0.05, 0.1) is 5.69 Å². The smallest absolute Gasteiger partial charge is 0.225 e. The fraction of sp³-hybridized carbons (Fsp3) is 0.200. The molecule has 0 unspecified atom stereocenters. The van der Waals surface area contributed by atoms with E-state index in [-0.39, 0.29) is 5.82 Å². The second-order valence-electron chi connectivity index (χ2n) is 5.73. The van der Waals surface area contributed by atoms with Crippen LogP contribution in [0.1, 0.15) is 6.42 Å². The molecule has 0 aliphatic carbocycles. The van der Waals surface area contributed by atoms with Crippen molar-refractivity contribution in [3.8, 4) is 11.3 Å². The molecule has 0 saturated carbocycles. The molecule has 0 atom stereocenters. The Bertz CT molecular complexity index is 825. The van der Waals surface area contributed by atoms with Crippen LogP contribution in [-0.4, -0.2) is 30.2 Å². The van der Waals surface area contributed by atoms with Crippen molar-refractivity contribution >= 4 is 17.5 Å². The van der Waals surface area contributed by atoms with E-state index in [1.807, 2.05) is 36.4 Å². The molecule has 0 aliphatic heterocycles. The first kappa shape index (κ1) is 17.8. The summed E-state index contributed by atoms with van der Waals surface area (Å²) in [6.07, 6.45) is 0.857. The second kappa shape index (κ2) is 8.92. The summed E-state index contributed by atoms with van der Waals surface area (Å²) in [5.74, 6) is 0.899. The SMILES string of the molecule is COCCCNc1nc(Nc2ccc(F)cc2)cc(-c2ccccc2)n1. The molecule has 0 bridgehead atoms. The molecule has 0 spiro atoms. The molecular formula is C20H21FN4O. The molecule has 3 aromatic rings. The number of nitrogens with zero attached hydrogens (tertiary/aromatic N) is 2. The van der Waals surface area contributed by atoms with Crippen LogP contribution in [0.5, 0.6) is 0 Å². The van der Waals surface area contributed by atoms with E-state index in [2.05, 4.69) is 20.6 Å². The number of aromatic nitrogens is 2. The summed E-state index contributed by atoms with van der Waals surface area (Å²) >= 11 is 0. The van der Waals surface area contributed by atoms with Crippen LogP contribution in [0.2, 0.25) is 0 Å². The van der Waals surface area contributed by atoms with Crippen molar-refractivity contribution in [2.75, 3.05) is 30.9 Å². The predicted octanol–water partition coefficient (Wildman–Crippen LogP) is 4.47. The summed E-state index contributed by atoms with van der Waals surface area (Å²) in [7, 11) is 1.68. The highest BCUT2D eigenvalue weighted by molar-refractivity contribution is 5.67. The Labute approximate surface area is 152 Å². The van der Waals surface area contributed by atoms with Crippen LogP contribution < -0.4 is 10.6 Å². The van der Waals surface area contributed by atoms with Gasteiger partial charge >= 0.3 is 0 Å². The Balaban J connectivity index is 1.85. The third kappa shape index (κ3) is 5.00. The maximum Gasteiger partial charge on any atom is 0.225 e. The molecule has 0 aliphatic rings. The zero-order valence-corrected chi connectivity index (χ0v) is 14.6. The van der Waals surface area contributed by atoms with E-state index in [9.17, 15) is 4.39 Å². The van der Waals surface area contributed by atoms with Crippen LogP contribution in [-0.2, 0) is 4.74 Å². The number of hydrogen-bond donors (Lipinski definition) is 2. The zero-order valence-electron chi connectivity index (χ0n) is 14.6. The van der Waals surface area contributed by atoms with E-state index < -0.39 is 0 Å². The third-order valence-electron chi connectivity index (χ3n) is 3.72. The van der Waals surface area contributed by atoms with Crippen LogP contribution in [0, 0.1) is 5.82 Å². The van der Waals surface area contributed by atoms with E-state index in [1.165, 1.54) is 12.1 Å². The average molecular weight is 352 g/mol. The van der Waals surface area contributed by atoms with Crippen molar-refractivity contribution in [2.45, 2.75) is 6.42 Å². The van der Waals surface area contributed by atoms with Crippen LogP contribution in [0.25, 0.3) is 11.3 Å². The highest BCUT2D eigenvalue weighted by Gasteiger charge is 2.07. The van der Waals surface area contributed by atoms with Gasteiger partial charge in [0.1, 0.15) is 11.6 Å². The lowest BCUT2D eigenvalue weighted by atomic mass is 10.1. The molecule has 0 saturated heterocycles. The highest BCUT2D eigenvalue weighted by Crippen LogP contribution is 2.23. The number of anilines is 3. The molecule has 0 radical (unpaired) electrons. The van der Waals surface area contributed by atoms with Gasteiger partial charge in [-0.15, -0.1) is 0 Å². The van der Waals surface area contributed by atoms with E-state index >= 15 is 0 Å². The van der Waals surface area contributed by atoms with Gasteiger partial charge in [-0.2, -0.15) is 4.98 Å². The van der Waals surface area contributed by atoms with Crippen molar-refractivity contribution in [1.82, 2.24) is 9.97 Å². The number of ether oxygens (including phenoxy) is 1. The minimum absolute atomic E-state index is 0.274. The monoisotopic (exact) mass is 352 g/mol. The number of hydrogen-bond acceptors (Lipinski definition) is 5. The number of halogens is 1. The van der Waals surface area contributed by atoms with Gasteiger partial charge < -0.3 is 15.4 Å². The molecule has 0 amide bonds. The quantitative estimate of drug-likeness (QED) is 0.586. The van der Waals surface area contributed by atoms with Crippen molar-refractivity contribution in [1.29, 1.82) is 0 Å².